The van der Waals surface area contributed by atoms with Gasteiger partial charge in [-0.25, -0.2) is 0 Å². The molecule has 1 heterocycles. The van der Waals surface area contributed by atoms with Gasteiger partial charge in [0.05, 0.1) is 6.04 Å². The molecular formula is C15H16N2O2. The highest BCUT2D eigenvalue weighted by Crippen LogP contribution is 2.21. The fourth-order valence-electron chi connectivity index (χ4n) is 2.23. The van der Waals surface area contributed by atoms with Gasteiger partial charge >= 0.3 is 0 Å². The van der Waals surface area contributed by atoms with Crippen LogP contribution in [0.3, 0.4) is 0 Å². The van der Waals surface area contributed by atoms with Crippen LogP contribution in [0, 0.1) is 12.3 Å². The summed E-state index contributed by atoms with van der Waals surface area (Å²) in [5.41, 5.74) is 0.775. The van der Waals surface area contributed by atoms with Crippen LogP contribution in [0.5, 0.6) is 0 Å². The number of hydrogen-bond donors (Lipinski definition) is 1. The zero-order valence-corrected chi connectivity index (χ0v) is 10.8. The number of carbonyl (C=O) groups excluding carboxylic acids is 2. The molecule has 2 amide bonds. The van der Waals surface area contributed by atoms with E-state index in [2.05, 4.69) is 11.2 Å². The summed E-state index contributed by atoms with van der Waals surface area (Å²) in [6.45, 7) is 1.94. The first kappa shape index (κ1) is 13.2. The van der Waals surface area contributed by atoms with Crippen molar-refractivity contribution in [2.24, 2.45) is 0 Å². The Balaban J connectivity index is 2.29. The molecule has 4 nitrogen and oxygen atoms in total. The van der Waals surface area contributed by atoms with Gasteiger partial charge in [-0.2, -0.15) is 0 Å². The molecule has 2 rings (SSSR count). The molecule has 4 heteroatoms. The molecule has 2 unspecified atom stereocenters. The summed E-state index contributed by atoms with van der Waals surface area (Å²) < 4.78 is 0. The van der Waals surface area contributed by atoms with Gasteiger partial charge in [0.2, 0.25) is 5.91 Å². The minimum atomic E-state index is -0.634. The van der Waals surface area contributed by atoms with E-state index in [0.717, 1.165) is 5.56 Å². The van der Waals surface area contributed by atoms with Crippen LogP contribution in [0.4, 0.5) is 0 Å². The predicted molar refractivity (Wildman–Crippen MR) is 72.0 cm³/mol. The fraction of sp³-hybridized carbons (Fsp3) is 0.333. The first-order valence-corrected chi connectivity index (χ1v) is 6.28. The first-order valence-electron chi connectivity index (χ1n) is 6.28. The monoisotopic (exact) mass is 256 g/mol. The van der Waals surface area contributed by atoms with E-state index >= 15 is 0 Å². The number of hydrogen-bond acceptors (Lipinski definition) is 2. The lowest BCUT2D eigenvalue weighted by Gasteiger charge is -2.35. The third-order valence-electron chi connectivity index (χ3n) is 3.24. The summed E-state index contributed by atoms with van der Waals surface area (Å²) in [6.07, 6.45) is 6.07. The smallest absolute Gasteiger partial charge is 0.251 e. The molecule has 0 aliphatic carbocycles. The minimum Gasteiger partial charge on any atom is -0.339 e. The molecule has 1 N–H and O–H groups in total. The lowest BCUT2D eigenvalue weighted by atomic mass is 10.0. The second-order valence-corrected chi connectivity index (χ2v) is 4.47. The van der Waals surface area contributed by atoms with Crippen molar-refractivity contribution in [1.29, 1.82) is 0 Å². The van der Waals surface area contributed by atoms with Gasteiger partial charge in [-0.05, 0) is 12.0 Å². The lowest BCUT2D eigenvalue weighted by molar-refractivity contribution is -0.145. The molecule has 0 bridgehead atoms. The normalized spacial score (nSPS) is 20.6. The number of nitrogens with one attached hydrogen (secondary N) is 1. The molecular weight excluding hydrogens is 240 g/mol. The van der Waals surface area contributed by atoms with E-state index in [1.165, 1.54) is 4.90 Å². The van der Waals surface area contributed by atoms with E-state index < -0.39 is 6.04 Å². The third kappa shape index (κ3) is 2.60. The highest BCUT2D eigenvalue weighted by Gasteiger charge is 2.36. The van der Waals surface area contributed by atoms with Crippen molar-refractivity contribution in [3.63, 3.8) is 0 Å². The highest BCUT2D eigenvalue weighted by atomic mass is 16.2. The summed E-state index contributed by atoms with van der Waals surface area (Å²) in [5, 5.41) is 2.72. The summed E-state index contributed by atoms with van der Waals surface area (Å²) in [4.78, 5) is 25.7. The molecule has 2 atom stereocenters. The summed E-state index contributed by atoms with van der Waals surface area (Å²) in [7, 11) is 0. The molecule has 0 aromatic heterocycles. The van der Waals surface area contributed by atoms with Gasteiger partial charge in [-0.1, -0.05) is 43.2 Å². The average Bonchev–Trinajstić information content (AvgIpc) is 2.44. The SMILES string of the molecule is C#CC(CC)N1CC(=O)NC(c2ccccc2)C1=O. The van der Waals surface area contributed by atoms with E-state index in [9.17, 15) is 9.59 Å². The number of carbonyl (C=O) groups is 2. The van der Waals surface area contributed by atoms with Gasteiger partial charge in [-0.15, -0.1) is 6.42 Å². The molecule has 1 aromatic carbocycles. The topological polar surface area (TPSA) is 49.4 Å². The number of rotatable bonds is 3. The van der Waals surface area contributed by atoms with E-state index in [-0.39, 0.29) is 24.4 Å². The standard InChI is InChI=1S/C15H16N2O2/c1-3-12(4-2)17-10-13(18)16-14(15(17)19)11-8-6-5-7-9-11/h1,5-9,12,14H,4,10H2,2H3,(H,16,18). The van der Waals surface area contributed by atoms with Crippen LogP contribution in [-0.4, -0.2) is 29.3 Å². The van der Waals surface area contributed by atoms with Crippen LogP contribution >= 0.6 is 0 Å². The maximum absolute atomic E-state index is 12.4. The van der Waals surface area contributed by atoms with Crippen molar-refractivity contribution in [2.45, 2.75) is 25.4 Å². The zero-order valence-electron chi connectivity index (χ0n) is 10.8. The fourth-order valence-corrected chi connectivity index (χ4v) is 2.23. The van der Waals surface area contributed by atoms with Gasteiger partial charge in [0.1, 0.15) is 12.6 Å². The van der Waals surface area contributed by atoms with E-state index in [0.29, 0.717) is 6.42 Å². The number of piperazine rings is 1. The van der Waals surface area contributed by atoms with E-state index in [4.69, 9.17) is 6.42 Å². The molecule has 1 saturated heterocycles. The number of nitrogens with zero attached hydrogens (tertiary/aromatic N) is 1. The molecule has 1 fully saturated rings. The molecule has 0 spiro atoms. The number of benzene rings is 1. The summed E-state index contributed by atoms with van der Waals surface area (Å²) in [6, 6.07) is 8.23. The van der Waals surface area contributed by atoms with Crippen LogP contribution in [0.25, 0.3) is 0 Å². The Hall–Kier alpha value is -2.28. The van der Waals surface area contributed by atoms with Crippen LogP contribution in [0.15, 0.2) is 30.3 Å². The van der Waals surface area contributed by atoms with Crippen LogP contribution in [0.2, 0.25) is 0 Å². The molecule has 1 aliphatic heterocycles. The maximum atomic E-state index is 12.4. The summed E-state index contributed by atoms with van der Waals surface area (Å²) in [5.74, 6) is 2.25. The van der Waals surface area contributed by atoms with Crippen molar-refractivity contribution in [3.8, 4) is 12.3 Å². The van der Waals surface area contributed by atoms with Crippen molar-refractivity contribution in [3.05, 3.63) is 35.9 Å². The Kier molecular flexibility index (Phi) is 3.86. The molecule has 0 saturated carbocycles. The van der Waals surface area contributed by atoms with Crippen molar-refractivity contribution in [1.82, 2.24) is 10.2 Å². The van der Waals surface area contributed by atoms with Crippen molar-refractivity contribution in [2.75, 3.05) is 6.54 Å². The second-order valence-electron chi connectivity index (χ2n) is 4.47. The number of amides is 2. The maximum Gasteiger partial charge on any atom is 0.251 e. The van der Waals surface area contributed by atoms with Gasteiger partial charge in [0, 0.05) is 0 Å². The molecule has 1 aromatic rings. The van der Waals surface area contributed by atoms with Crippen molar-refractivity contribution >= 4 is 11.8 Å². The Morgan fingerprint density at radius 2 is 2.11 bits per heavy atom. The molecule has 0 radical (unpaired) electrons. The molecule has 1 aliphatic rings. The van der Waals surface area contributed by atoms with Crippen molar-refractivity contribution < 1.29 is 9.59 Å². The quantitative estimate of drug-likeness (QED) is 0.823. The Bertz CT molecular complexity index is 519. The van der Waals surface area contributed by atoms with Gasteiger partial charge in [0.25, 0.3) is 5.91 Å². The van der Waals surface area contributed by atoms with Gasteiger partial charge in [-0.3, -0.25) is 9.59 Å². The zero-order chi connectivity index (χ0) is 13.8. The number of terminal acetylenes is 1. The Morgan fingerprint density at radius 3 is 2.68 bits per heavy atom. The average molecular weight is 256 g/mol. The summed E-state index contributed by atoms with van der Waals surface area (Å²) >= 11 is 0. The molecule has 19 heavy (non-hydrogen) atoms. The Morgan fingerprint density at radius 1 is 1.42 bits per heavy atom. The largest absolute Gasteiger partial charge is 0.339 e. The van der Waals surface area contributed by atoms with Crippen LogP contribution < -0.4 is 5.32 Å². The first-order chi connectivity index (χ1) is 9.17. The van der Waals surface area contributed by atoms with E-state index in [1.54, 1.807) is 0 Å². The predicted octanol–water partition coefficient (Wildman–Crippen LogP) is 1.10. The van der Waals surface area contributed by atoms with Gasteiger partial charge in [0.15, 0.2) is 0 Å². The van der Waals surface area contributed by atoms with Crippen LogP contribution in [0.1, 0.15) is 24.9 Å². The second kappa shape index (κ2) is 5.57. The van der Waals surface area contributed by atoms with E-state index in [1.807, 2.05) is 37.3 Å². The lowest BCUT2D eigenvalue weighted by Crippen LogP contribution is -2.56. The van der Waals surface area contributed by atoms with Crippen LogP contribution in [-0.2, 0) is 9.59 Å². The third-order valence-corrected chi connectivity index (χ3v) is 3.24. The molecule has 98 valence electrons. The highest BCUT2D eigenvalue weighted by molar-refractivity contribution is 5.95. The van der Waals surface area contributed by atoms with Gasteiger partial charge < -0.3 is 10.2 Å². The minimum absolute atomic E-state index is 0.0326. The Labute approximate surface area is 112 Å².